The fourth-order valence-electron chi connectivity index (χ4n) is 3.67. The van der Waals surface area contributed by atoms with Crippen LogP contribution in [0.2, 0.25) is 0 Å². The smallest absolute Gasteiger partial charge is 0.0594 e. The van der Waals surface area contributed by atoms with E-state index >= 15 is 0 Å². The quantitative estimate of drug-likeness (QED) is 0.666. The Morgan fingerprint density at radius 2 is 2.00 bits per heavy atom. The zero-order valence-corrected chi connectivity index (χ0v) is 13.5. The maximum Gasteiger partial charge on any atom is 0.0594 e. The van der Waals surface area contributed by atoms with Gasteiger partial charge in [0.1, 0.15) is 0 Å². The first-order valence-electron chi connectivity index (χ1n) is 7.86. The number of nitrogens with zero attached hydrogens (tertiary/aromatic N) is 2. The standard InChI is InChI=1S/C16H27N2P/c1-12-4-5-15-14(10-12)13(2)11-16(17-15)19-8-6-18(3)7-9-19/h11-14H,4-10H2,1-3H3/t12?,13?,14-/m1/s1. The normalized spacial score (nSPS) is 37.5. The molecule has 0 bridgehead atoms. The van der Waals surface area contributed by atoms with Gasteiger partial charge in [0.05, 0.1) is 5.44 Å². The van der Waals surface area contributed by atoms with Crippen molar-refractivity contribution in [2.75, 3.05) is 32.5 Å². The van der Waals surface area contributed by atoms with Crippen molar-refractivity contribution in [3.63, 3.8) is 0 Å². The Hall–Kier alpha value is -0.200. The van der Waals surface area contributed by atoms with Gasteiger partial charge in [-0.3, -0.25) is 4.99 Å². The first kappa shape index (κ1) is 13.8. The van der Waals surface area contributed by atoms with E-state index in [1.165, 1.54) is 50.1 Å². The maximum absolute atomic E-state index is 5.13. The van der Waals surface area contributed by atoms with Gasteiger partial charge in [-0.25, -0.2) is 0 Å². The fourth-order valence-corrected chi connectivity index (χ4v) is 6.23. The summed E-state index contributed by atoms with van der Waals surface area (Å²) in [5, 5.41) is 0. The average molecular weight is 278 g/mol. The van der Waals surface area contributed by atoms with E-state index in [9.17, 15) is 0 Å². The second kappa shape index (κ2) is 5.66. The molecule has 1 aliphatic carbocycles. The molecule has 0 radical (unpaired) electrons. The third-order valence-corrected chi connectivity index (χ3v) is 7.49. The number of rotatable bonds is 1. The summed E-state index contributed by atoms with van der Waals surface area (Å²) >= 11 is 0. The Bertz CT molecular complexity index is 394. The topological polar surface area (TPSA) is 15.6 Å². The Balaban J connectivity index is 1.74. The lowest BCUT2D eigenvalue weighted by molar-refractivity contribution is 0.355. The molecule has 3 atom stereocenters. The zero-order valence-electron chi connectivity index (χ0n) is 12.6. The minimum atomic E-state index is 0.0454. The molecular weight excluding hydrogens is 251 g/mol. The van der Waals surface area contributed by atoms with Crippen LogP contribution in [0.3, 0.4) is 0 Å². The number of allylic oxidation sites excluding steroid dienone is 1. The van der Waals surface area contributed by atoms with Crippen molar-refractivity contribution in [2.45, 2.75) is 33.1 Å². The molecule has 2 unspecified atom stereocenters. The van der Waals surface area contributed by atoms with Crippen LogP contribution in [0.25, 0.3) is 0 Å². The van der Waals surface area contributed by atoms with E-state index in [0.29, 0.717) is 0 Å². The van der Waals surface area contributed by atoms with Crippen LogP contribution in [0.15, 0.2) is 16.5 Å². The number of aliphatic imine (C=N–C) groups is 1. The van der Waals surface area contributed by atoms with E-state index in [2.05, 4.69) is 31.9 Å². The van der Waals surface area contributed by atoms with Crippen molar-refractivity contribution in [3.8, 4) is 0 Å². The van der Waals surface area contributed by atoms with Crippen LogP contribution in [0.4, 0.5) is 0 Å². The summed E-state index contributed by atoms with van der Waals surface area (Å²) < 4.78 is 0. The molecule has 0 amide bonds. The van der Waals surface area contributed by atoms with E-state index in [0.717, 1.165) is 17.8 Å². The van der Waals surface area contributed by atoms with Crippen molar-refractivity contribution < 1.29 is 0 Å². The van der Waals surface area contributed by atoms with Crippen LogP contribution in [-0.2, 0) is 0 Å². The predicted molar refractivity (Wildman–Crippen MR) is 85.3 cm³/mol. The van der Waals surface area contributed by atoms with Gasteiger partial charge in [0.15, 0.2) is 0 Å². The van der Waals surface area contributed by atoms with Crippen molar-refractivity contribution in [1.82, 2.24) is 4.90 Å². The second-order valence-corrected chi connectivity index (χ2v) is 9.20. The van der Waals surface area contributed by atoms with E-state index < -0.39 is 0 Å². The highest BCUT2D eigenvalue weighted by Gasteiger charge is 2.33. The van der Waals surface area contributed by atoms with Gasteiger partial charge in [0.25, 0.3) is 0 Å². The van der Waals surface area contributed by atoms with Crippen molar-refractivity contribution in [1.29, 1.82) is 0 Å². The molecule has 0 aromatic rings. The maximum atomic E-state index is 5.13. The van der Waals surface area contributed by atoms with Gasteiger partial charge in [-0.1, -0.05) is 27.8 Å². The lowest BCUT2D eigenvalue weighted by atomic mass is 9.74. The monoisotopic (exact) mass is 278 g/mol. The lowest BCUT2D eigenvalue weighted by Gasteiger charge is -2.37. The molecule has 2 aliphatic heterocycles. The Labute approximate surface area is 119 Å². The summed E-state index contributed by atoms with van der Waals surface area (Å²) in [6.45, 7) is 7.36. The molecule has 19 heavy (non-hydrogen) atoms. The lowest BCUT2D eigenvalue weighted by Crippen LogP contribution is -2.33. The molecule has 2 nitrogen and oxygen atoms in total. The third kappa shape index (κ3) is 2.95. The highest BCUT2D eigenvalue weighted by molar-refractivity contribution is 7.62. The van der Waals surface area contributed by atoms with E-state index in [1.807, 2.05) is 0 Å². The van der Waals surface area contributed by atoms with Gasteiger partial charge in [-0.15, -0.1) is 0 Å². The molecule has 0 aromatic carbocycles. The molecule has 2 heterocycles. The molecule has 3 aliphatic rings. The van der Waals surface area contributed by atoms with Gasteiger partial charge < -0.3 is 4.90 Å². The van der Waals surface area contributed by atoms with Gasteiger partial charge >= 0.3 is 0 Å². The summed E-state index contributed by atoms with van der Waals surface area (Å²) in [5.74, 6) is 2.39. The van der Waals surface area contributed by atoms with Gasteiger partial charge in [0, 0.05) is 24.7 Å². The predicted octanol–water partition coefficient (Wildman–Crippen LogP) is 3.78. The number of hydrogen-bond acceptors (Lipinski definition) is 2. The third-order valence-electron chi connectivity index (χ3n) is 5.11. The van der Waals surface area contributed by atoms with Crippen LogP contribution < -0.4 is 0 Å². The first-order valence-corrected chi connectivity index (χ1v) is 9.57. The fraction of sp³-hybridized carbons (Fsp3) is 0.812. The van der Waals surface area contributed by atoms with E-state index in [-0.39, 0.29) is 7.92 Å². The summed E-state index contributed by atoms with van der Waals surface area (Å²) in [6.07, 6.45) is 9.24. The van der Waals surface area contributed by atoms with Crippen LogP contribution in [0.5, 0.6) is 0 Å². The molecule has 2 fully saturated rings. The average Bonchev–Trinajstić information content (AvgIpc) is 2.40. The minimum absolute atomic E-state index is 0.0454. The molecule has 106 valence electrons. The molecule has 0 N–H and O–H groups in total. The molecular formula is C16H27N2P. The molecule has 3 heteroatoms. The molecule has 1 saturated heterocycles. The molecule has 0 aromatic heterocycles. The second-order valence-electron chi connectivity index (χ2n) is 6.76. The van der Waals surface area contributed by atoms with Crippen LogP contribution in [0, 0.1) is 17.8 Å². The Kier molecular flexibility index (Phi) is 4.10. The summed E-state index contributed by atoms with van der Waals surface area (Å²) in [7, 11) is 2.29. The van der Waals surface area contributed by atoms with Crippen LogP contribution >= 0.6 is 7.92 Å². The summed E-state index contributed by atoms with van der Waals surface area (Å²) in [4.78, 5) is 7.59. The van der Waals surface area contributed by atoms with Crippen molar-refractivity contribution >= 4 is 13.6 Å². The molecule has 0 spiro atoms. The largest absolute Gasteiger partial charge is 0.306 e. The zero-order chi connectivity index (χ0) is 13.4. The van der Waals surface area contributed by atoms with E-state index in [1.54, 1.807) is 5.71 Å². The minimum Gasteiger partial charge on any atom is -0.306 e. The number of fused-ring (bicyclic) bond motifs is 1. The highest BCUT2D eigenvalue weighted by Crippen LogP contribution is 2.50. The highest BCUT2D eigenvalue weighted by atomic mass is 31.1. The van der Waals surface area contributed by atoms with E-state index in [4.69, 9.17) is 4.99 Å². The first-order chi connectivity index (χ1) is 9.13. The Morgan fingerprint density at radius 3 is 2.74 bits per heavy atom. The van der Waals surface area contributed by atoms with Gasteiger partial charge in [-0.05, 0) is 50.5 Å². The molecule has 3 rings (SSSR count). The van der Waals surface area contributed by atoms with Gasteiger partial charge in [0.2, 0.25) is 0 Å². The number of hydrogen-bond donors (Lipinski definition) is 0. The SMILES string of the molecule is CC1CCC2=NC(P3CCN(C)CC3)=CC(C)[C@H]2C1. The van der Waals surface area contributed by atoms with Crippen molar-refractivity contribution in [2.24, 2.45) is 22.7 Å². The Morgan fingerprint density at radius 1 is 1.26 bits per heavy atom. The summed E-state index contributed by atoms with van der Waals surface area (Å²) in [6, 6.07) is 0. The van der Waals surface area contributed by atoms with Crippen LogP contribution in [-0.4, -0.2) is 43.1 Å². The van der Waals surface area contributed by atoms with Gasteiger partial charge in [-0.2, -0.15) is 0 Å². The summed E-state index contributed by atoms with van der Waals surface area (Å²) in [5.41, 5.74) is 3.04. The molecule has 1 saturated carbocycles. The van der Waals surface area contributed by atoms with Crippen LogP contribution in [0.1, 0.15) is 33.1 Å². The van der Waals surface area contributed by atoms with Crippen molar-refractivity contribution in [3.05, 3.63) is 11.5 Å².